The lowest BCUT2D eigenvalue weighted by molar-refractivity contribution is -0.114. The van der Waals surface area contributed by atoms with Crippen LogP contribution >= 0.6 is 50.7 Å². The molecule has 0 saturated heterocycles. The van der Waals surface area contributed by atoms with Crippen molar-refractivity contribution in [3.05, 3.63) is 267 Å². The smallest absolute Gasteiger partial charge is 0.283 e. The van der Waals surface area contributed by atoms with Crippen LogP contribution in [0.3, 0.4) is 0 Å². The molecule has 14 rings (SSSR count). The summed E-state index contributed by atoms with van der Waals surface area (Å²) in [6.07, 6.45) is 5.80. The van der Waals surface area contributed by atoms with Gasteiger partial charge in [0.1, 0.15) is 5.82 Å². The summed E-state index contributed by atoms with van der Waals surface area (Å²) in [7, 11) is 7.47. The number of alkyl halides is 1. The van der Waals surface area contributed by atoms with Crippen molar-refractivity contribution in [1.29, 1.82) is 0 Å². The Hall–Kier alpha value is -9.33. The summed E-state index contributed by atoms with van der Waals surface area (Å²) in [6, 6.07) is 62.3. The van der Waals surface area contributed by atoms with Gasteiger partial charge in [-0.15, -0.1) is 0 Å². The van der Waals surface area contributed by atoms with E-state index in [-0.39, 0.29) is 17.7 Å². The molecular formula is C71H62BrCl3N12O4. The number of amides is 3. The van der Waals surface area contributed by atoms with E-state index in [2.05, 4.69) is 84.7 Å². The highest BCUT2D eigenvalue weighted by molar-refractivity contribution is 9.08. The molecule has 1 N–H and O–H groups in total. The SMILES string of the molecule is CN1C2=C(CC=N2)C(=O)N(c2ccccc2)c2cc(Cl)ccc21.CN1c2ccc(Cl)cc2N(c2ccccc2)C(=O)c2c1ncn2Cc1ccc(CBr)cc1.COCCNCc1ccc(Cn2cnc3c2C(=O)N(c2ccccc2)c2cc(Cl)ccc2N3C)cc1. The fourth-order valence-corrected chi connectivity index (χ4v) is 12.3. The van der Waals surface area contributed by atoms with E-state index >= 15 is 0 Å². The lowest BCUT2D eigenvalue weighted by atomic mass is 10.1. The molecule has 20 heteroatoms. The normalized spacial score (nSPS) is 13.9. The third-order valence-corrected chi connectivity index (χ3v) is 17.4. The molecule has 3 amide bonds. The molecule has 8 aromatic carbocycles. The molecule has 458 valence electrons. The van der Waals surface area contributed by atoms with Crippen LogP contribution in [0.2, 0.25) is 15.1 Å². The lowest BCUT2D eigenvalue weighted by Crippen LogP contribution is -2.27. The Kier molecular flexibility index (Phi) is 18.6. The Morgan fingerprint density at radius 2 is 0.879 bits per heavy atom. The number of aromatic nitrogens is 4. The van der Waals surface area contributed by atoms with Gasteiger partial charge < -0.3 is 33.9 Å². The summed E-state index contributed by atoms with van der Waals surface area (Å²) >= 11 is 22.4. The molecule has 4 aliphatic rings. The number of anilines is 11. The third kappa shape index (κ3) is 12.8. The van der Waals surface area contributed by atoms with Crippen molar-refractivity contribution in [2.24, 2.45) is 4.99 Å². The van der Waals surface area contributed by atoms with E-state index in [1.165, 1.54) is 11.1 Å². The number of benzene rings is 8. The summed E-state index contributed by atoms with van der Waals surface area (Å²) in [6.45, 7) is 3.34. The number of fused-ring (bicyclic) bond motifs is 5. The number of carbonyl (C=O) groups is 3. The summed E-state index contributed by atoms with van der Waals surface area (Å²) in [4.78, 5) is 66.0. The number of nitrogens with zero attached hydrogens (tertiary/aromatic N) is 11. The first-order chi connectivity index (χ1) is 44.3. The number of carbonyl (C=O) groups excluding carboxylic acids is 3. The van der Waals surface area contributed by atoms with Gasteiger partial charge in [0.05, 0.1) is 59.0 Å². The van der Waals surface area contributed by atoms with Gasteiger partial charge >= 0.3 is 0 Å². The summed E-state index contributed by atoms with van der Waals surface area (Å²) in [5.74, 6) is 1.58. The second-order valence-corrected chi connectivity index (χ2v) is 23.7. The number of methoxy groups -OCH3 is 1. The van der Waals surface area contributed by atoms with Crippen LogP contribution in [0.1, 0.15) is 49.7 Å². The van der Waals surface area contributed by atoms with Gasteiger partial charge in [-0.05, 0) is 113 Å². The fraction of sp³-hybridized carbons (Fsp3) is 0.155. The van der Waals surface area contributed by atoms with E-state index in [0.717, 1.165) is 80.7 Å². The molecule has 16 nitrogen and oxygen atoms in total. The number of ether oxygens (including phenoxy) is 1. The van der Waals surface area contributed by atoms with E-state index in [1.807, 2.05) is 191 Å². The maximum atomic E-state index is 14.1. The zero-order valence-corrected chi connectivity index (χ0v) is 54.1. The van der Waals surface area contributed by atoms with Gasteiger partial charge in [0.2, 0.25) is 0 Å². The number of rotatable bonds is 13. The maximum absolute atomic E-state index is 14.1. The molecule has 0 unspecified atom stereocenters. The summed E-state index contributed by atoms with van der Waals surface area (Å²) < 4.78 is 8.92. The lowest BCUT2D eigenvalue weighted by Gasteiger charge is -2.25. The topological polar surface area (TPSA) is 140 Å². The molecule has 91 heavy (non-hydrogen) atoms. The van der Waals surface area contributed by atoms with Gasteiger partial charge in [0.25, 0.3) is 17.7 Å². The highest BCUT2D eigenvalue weighted by Crippen LogP contribution is 2.47. The van der Waals surface area contributed by atoms with Crippen molar-refractivity contribution in [2.45, 2.75) is 31.4 Å². The van der Waals surface area contributed by atoms with Gasteiger partial charge in [-0.3, -0.25) is 29.1 Å². The first-order valence-corrected chi connectivity index (χ1v) is 31.6. The van der Waals surface area contributed by atoms with Gasteiger partial charge in [-0.2, -0.15) is 0 Å². The molecule has 0 radical (unpaired) electrons. The van der Waals surface area contributed by atoms with E-state index in [9.17, 15) is 14.4 Å². The Morgan fingerprint density at radius 1 is 0.484 bits per heavy atom. The van der Waals surface area contributed by atoms with Gasteiger partial charge in [0, 0.05) is 105 Å². The van der Waals surface area contributed by atoms with Crippen molar-refractivity contribution in [1.82, 2.24) is 24.4 Å². The molecule has 0 fully saturated rings. The Labute approximate surface area is 551 Å². The quantitative estimate of drug-likeness (QED) is 0.0876. The zero-order valence-electron chi connectivity index (χ0n) is 50.2. The number of hydrogen-bond acceptors (Lipinski definition) is 11. The molecule has 0 bridgehead atoms. The molecule has 0 aliphatic carbocycles. The van der Waals surface area contributed by atoms with Gasteiger partial charge in [0.15, 0.2) is 23.0 Å². The zero-order chi connectivity index (χ0) is 63.3. The number of hydrogen-bond donors (Lipinski definition) is 1. The molecule has 2 aromatic heterocycles. The van der Waals surface area contributed by atoms with Crippen molar-refractivity contribution in [2.75, 3.05) is 70.8 Å². The molecule has 4 aliphatic heterocycles. The highest BCUT2D eigenvalue weighted by Gasteiger charge is 2.38. The van der Waals surface area contributed by atoms with Crippen LogP contribution in [-0.4, -0.2) is 84.4 Å². The van der Waals surface area contributed by atoms with Crippen LogP contribution in [0.4, 0.5) is 62.8 Å². The van der Waals surface area contributed by atoms with E-state index in [4.69, 9.17) is 39.5 Å². The van der Waals surface area contributed by atoms with Crippen molar-refractivity contribution in [3.8, 4) is 0 Å². The van der Waals surface area contributed by atoms with Crippen LogP contribution in [0.25, 0.3) is 0 Å². The molecule has 10 aromatic rings. The number of aliphatic imine (C=N–C) groups is 1. The third-order valence-electron chi connectivity index (χ3n) is 16.0. The van der Waals surface area contributed by atoms with Crippen LogP contribution in [-0.2, 0) is 34.5 Å². The van der Waals surface area contributed by atoms with Crippen molar-refractivity contribution in [3.63, 3.8) is 0 Å². The Morgan fingerprint density at radius 3 is 1.30 bits per heavy atom. The monoisotopic (exact) mass is 1330 g/mol. The number of para-hydroxylation sites is 3. The minimum absolute atomic E-state index is 0.0587. The summed E-state index contributed by atoms with van der Waals surface area (Å²) in [5.41, 5.74) is 13.5. The number of nitrogens with one attached hydrogen (secondary N) is 1. The van der Waals surface area contributed by atoms with Crippen molar-refractivity contribution < 1.29 is 19.1 Å². The van der Waals surface area contributed by atoms with Gasteiger partial charge in [-0.1, -0.05) is 154 Å². The Balaban J connectivity index is 0.000000135. The predicted molar refractivity (Wildman–Crippen MR) is 370 cm³/mol. The molecule has 0 spiro atoms. The van der Waals surface area contributed by atoms with Crippen LogP contribution in [0, 0.1) is 0 Å². The fourth-order valence-electron chi connectivity index (χ4n) is 11.5. The Bertz CT molecular complexity index is 4380. The van der Waals surface area contributed by atoms with Crippen LogP contribution < -0.4 is 34.7 Å². The largest absolute Gasteiger partial charge is 0.383 e. The highest BCUT2D eigenvalue weighted by atomic mass is 79.9. The molecular weight excluding hydrogens is 1270 g/mol. The minimum atomic E-state index is -0.152. The number of halogens is 4. The number of imidazole rings is 2. The average Bonchev–Trinajstić information content (AvgIpc) is 1.66. The molecule has 0 atom stereocenters. The molecule has 0 saturated carbocycles. The van der Waals surface area contributed by atoms with Crippen molar-refractivity contribution >= 4 is 137 Å². The van der Waals surface area contributed by atoms with Gasteiger partial charge in [-0.25, -0.2) is 15.0 Å². The van der Waals surface area contributed by atoms with E-state index in [0.29, 0.717) is 75.6 Å². The maximum Gasteiger partial charge on any atom is 0.283 e. The summed E-state index contributed by atoms with van der Waals surface area (Å²) in [5, 5.41) is 5.89. The van der Waals surface area contributed by atoms with Crippen LogP contribution in [0.5, 0.6) is 0 Å². The minimum Gasteiger partial charge on any atom is -0.383 e. The average molecular weight is 1330 g/mol. The molecule has 6 heterocycles. The first kappa shape index (κ1) is 61.9. The standard InChI is InChI=1S/C28H28ClN5O2.C25H20BrClN4O.C18H14ClN3O/c1-32-24-13-12-22(29)16-25(24)34(23-6-4-3-5-7-23)28(35)26-27(32)31-19-33(26)18-21-10-8-20(9-11-21)17-30-14-15-36-2;1-29-21-12-11-19(27)13-22(21)31(20-5-3-2-4-6-20)25(32)23-24(29)28-16-30(23)15-18-9-7-17(14-26)8-10-18;1-21-15-8-7-12(19)11-16(15)22(13-5-3-2-4-6-13)18(23)14-9-10-20-17(14)21/h3-13,16,19,30H,14-15,17-18H2,1-2H3;2-13,16H,14-15H2,1H3;2-8,10-11H,9H2,1H3. The van der Waals surface area contributed by atoms with E-state index in [1.54, 1.807) is 40.7 Å². The first-order valence-electron chi connectivity index (χ1n) is 29.4. The second kappa shape index (κ2) is 27.4. The van der Waals surface area contributed by atoms with Crippen LogP contribution in [0.15, 0.2) is 223 Å². The second-order valence-electron chi connectivity index (χ2n) is 21.8. The van der Waals surface area contributed by atoms with E-state index < -0.39 is 0 Å². The predicted octanol–water partition coefficient (Wildman–Crippen LogP) is 16.1.